The number of ether oxygens (including phenoxy) is 1. The second kappa shape index (κ2) is 5.44. The summed E-state index contributed by atoms with van der Waals surface area (Å²) in [6, 6.07) is 3.99. The van der Waals surface area contributed by atoms with Crippen LogP contribution in [0.15, 0.2) is 12.1 Å². The molecule has 1 aromatic carbocycles. The van der Waals surface area contributed by atoms with Crippen molar-refractivity contribution in [2.45, 2.75) is 20.8 Å². The number of anilines is 2. The van der Waals surface area contributed by atoms with Crippen LogP contribution < -0.4 is 15.4 Å². The topological polar surface area (TPSA) is 51.4 Å². The van der Waals surface area contributed by atoms with E-state index in [1.54, 1.807) is 0 Å². The molecule has 0 atom stereocenters. The highest BCUT2D eigenvalue weighted by Gasteiger charge is 2.14. The monoisotopic (exact) mass is 265 g/mol. The Bertz CT molecular complexity index is 534. The van der Waals surface area contributed by atoms with Crippen molar-refractivity contribution in [1.29, 1.82) is 0 Å². The molecule has 1 heterocycles. The summed E-state index contributed by atoms with van der Waals surface area (Å²) in [5.74, 6) is 0. The lowest BCUT2D eigenvalue weighted by Gasteiger charge is -2.21. The highest BCUT2D eigenvalue weighted by atomic mass is 32.1. The third-order valence-corrected chi connectivity index (χ3v) is 3.92. The van der Waals surface area contributed by atoms with Crippen LogP contribution in [0.2, 0.25) is 0 Å². The van der Waals surface area contributed by atoms with Crippen LogP contribution in [0, 0.1) is 0 Å². The number of nitrogens with zero attached hydrogens (tertiary/aromatic N) is 2. The lowest BCUT2D eigenvalue weighted by atomic mass is 10.2. The maximum atomic E-state index is 6.01. The molecule has 0 aliphatic carbocycles. The first-order chi connectivity index (χ1) is 8.71. The zero-order chi connectivity index (χ0) is 13.1. The molecule has 0 amide bonds. The van der Waals surface area contributed by atoms with Crippen LogP contribution in [0.4, 0.5) is 11.4 Å². The van der Waals surface area contributed by atoms with Crippen LogP contribution in [0.1, 0.15) is 20.8 Å². The SMILES string of the molecule is CCOc1nc2c(N(CC)CC)ccc(N)c2s1. The van der Waals surface area contributed by atoms with Gasteiger partial charge in [-0.05, 0) is 32.9 Å². The summed E-state index contributed by atoms with van der Waals surface area (Å²) < 4.78 is 6.50. The third-order valence-electron chi connectivity index (χ3n) is 2.91. The van der Waals surface area contributed by atoms with E-state index in [4.69, 9.17) is 10.5 Å². The number of benzene rings is 1. The number of thiazole rings is 1. The Labute approximate surface area is 111 Å². The Morgan fingerprint density at radius 3 is 2.61 bits per heavy atom. The number of hydrogen-bond acceptors (Lipinski definition) is 5. The smallest absolute Gasteiger partial charge is 0.274 e. The van der Waals surface area contributed by atoms with Crippen LogP contribution in [0.25, 0.3) is 10.2 Å². The van der Waals surface area contributed by atoms with Crippen molar-refractivity contribution in [2.75, 3.05) is 30.3 Å². The fourth-order valence-electron chi connectivity index (χ4n) is 2.00. The number of hydrogen-bond donors (Lipinski definition) is 1. The minimum Gasteiger partial charge on any atom is -0.470 e. The molecule has 2 N–H and O–H groups in total. The van der Waals surface area contributed by atoms with Crippen LogP contribution >= 0.6 is 11.3 Å². The van der Waals surface area contributed by atoms with Crippen molar-refractivity contribution in [2.24, 2.45) is 0 Å². The van der Waals surface area contributed by atoms with Crippen molar-refractivity contribution in [1.82, 2.24) is 4.98 Å². The van der Waals surface area contributed by atoms with Gasteiger partial charge in [0.2, 0.25) is 0 Å². The summed E-state index contributed by atoms with van der Waals surface area (Å²) >= 11 is 1.52. The van der Waals surface area contributed by atoms with Crippen LogP contribution in [0.5, 0.6) is 5.19 Å². The van der Waals surface area contributed by atoms with E-state index in [9.17, 15) is 0 Å². The van der Waals surface area contributed by atoms with E-state index < -0.39 is 0 Å². The highest BCUT2D eigenvalue weighted by molar-refractivity contribution is 7.20. The Kier molecular flexibility index (Phi) is 3.91. The van der Waals surface area contributed by atoms with Gasteiger partial charge in [0.05, 0.1) is 22.7 Å². The van der Waals surface area contributed by atoms with Crippen molar-refractivity contribution in [3.63, 3.8) is 0 Å². The van der Waals surface area contributed by atoms with Gasteiger partial charge in [0.1, 0.15) is 5.52 Å². The Morgan fingerprint density at radius 2 is 2.00 bits per heavy atom. The van der Waals surface area contributed by atoms with Crippen LogP contribution in [0.3, 0.4) is 0 Å². The zero-order valence-corrected chi connectivity index (χ0v) is 11.9. The van der Waals surface area contributed by atoms with Crippen molar-refractivity contribution in [3.05, 3.63) is 12.1 Å². The second-order valence-corrected chi connectivity index (χ2v) is 4.90. The standard InChI is InChI=1S/C13H19N3OS/c1-4-16(5-2)10-8-7-9(14)12-11(10)15-13(18-12)17-6-3/h7-8H,4-6,14H2,1-3H3. The van der Waals surface area contributed by atoms with Crippen LogP contribution in [-0.2, 0) is 0 Å². The van der Waals surface area contributed by atoms with E-state index in [1.807, 2.05) is 19.1 Å². The van der Waals surface area contributed by atoms with E-state index in [2.05, 4.69) is 23.7 Å². The van der Waals surface area contributed by atoms with Gasteiger partial charge >= 0.3 is 0 Å². The van der Waals surface area contributed by atoms with Gasteiger partial charge < -0.3 is 15.4 Å². The van der Waals surface area contributed by atoms with Gasteiger partial charge in [-0.2, -0.15) is 0 Å². The van der Waals surface area contributed by atoms with E-state index >= 15 is 0 Å². The fourth-order valence-corrected chi connectivity index (χ4v) is 2.92. The second-order valence-electron chi connectivity index (χ2n) is 3.94. The summed E-state index contributed by atoms with van der Waals surface area (Å²) in [5, 5.41) is 0.693. The molecule has 0 fully saturated rings. The normalized spacial score (nSPS) is 10.8. The number of fused-ring (bicyclic) bond motifs is 1. The van der Waals surface area contributed by atoms with Crippen LogP contribution in [-0.4, -0.2) is 24.7 Å². The quantitative estimate of drug-likeness (QED) is 0.844. The minimum atomic E-state index is 0.625. The molecular weight excluding hydrogens is 246 g/mol. The van der Waals surface area contributed by atoms with Crippen molar-refractivity contribution in [3.8, 4) is 5.19 Å². The van der Waals surface area contributed by atoms with Gasteiger partial charge in [0.15, 0.2) is 0 Å². The van der Waals surface area contributed by atoms with E-state index in [0.29, 0.717) is 11.8 Å². The fraction of sp³-hybridized carbons (Fsp3) is 0.462. The average molecular weight is 265 g/mol. The molecule has 2 rings (SSSR count). The third kappa shape index (κ3) is 2.22. The molecule has 18 heavy (non-hydrogen) atoms. The summed E-state index contributed by atoms with van der Waals surface area (Å²) in [4.78, 5) is 6.83. The predicted molar refractivity (Wildman–Crippen MR) is 78.8 cm³/mol. The molecular formula is C13H19N3OS. The number of nitrogen functional groups attached to an aromatic ring is 1. The molecule has 1 aromatic heterocycles. The van der Waals surface area contributed by atoms with Gasteiger partial charge in [0.25, 0.3) is 5.19 Å². The van der Waals surface area contributed by atoms with Gasteiger partial charge in [-0.25, -0.2) is 4.98 Å². The Hall–Kier alpha value is -1.49. The maximum absolute atomic E-state index is 6.01. The lowest BCUT2D eigenvalue weighted by molar-refractivity contribution is 0.339. The van der Waals surface area contributed by atoms with E-state index in [-0.39, 0.29) is 0 Å². The van der Waals surface area contributed by atoms with Gasteiger partial charge in [0, 0.05) is 13.1 Å². The largest absolute Gasteiger partial charge is 0.470 e. The molecule has 0 bridgehead atoms. The van der Waals surface area contributed by atoms with Crippen molar-refractivity contribution >= 4 is 32.9 Å². The molecule has 98 valence electrons. The maximum Gasteiger partial charge on any atom is 0.274 e. The molecule has 0 saturated heterocycles. The average Bonchev–Trinajstić information content (AvgIpc) is 2.78. The molecule has 4 nitrogen and oxygen atoms in total. The predicted octanol–water partition coefficient (Wildman–Crippen LogP) is 3.12. The number of aromatic nitrogens is 1. The summed E-state index contributed by atoms with van der Waals surface area (Å²) in [7, 11) is 0. The Morgan fingerprint density at radius 1 is 1.28 bits per heavy atom. The number of nitrogens with two attached hydrogens (primary N) is 1. The number of rotatable bonds is 5. The first-order valence-electron chi connectivity index (χ1n) is 6.28. The van der Waals surface area contributed by atoms with Gasteiger partial charge in [-0.3, -0.25) is 0 Å². The molecule has 2 aromatic rings. The van der Waals surface area contributed by atoms with E-state index in [1.165, 1.54) is 11.3 Å². The first kappa shape index (κ1) is 13.0. The molecule has 0 spiro atoms. The Balaban J connectivity index is 2.57. The van der Waals surface area contributed by atoms with Crippen molar-refractivity contribution < 1.29 is 4.74 Å². The lowest BCUT2D eigenvalue weighted by Crippen LogP contribution is -2.22. The minimum absolute atomic E-state index is 0.625. The molecule has 0 aliphatic heterocycles. The molecule has 0 aliphatic rings. The summed E-state index contributed by atoms with van der Waals surface area (Å²) in [6.07, 6.45) is 0. The molecule has 0 saturated carbocycles. The van der Waals surface area contributed by atoms with E-state index in [0.717, 1.165) is 34.7 Å². The van der Waals surface area contributed by atoms with Gasteiger partial charge in [-0.15, -0.1) is 0 Å². The molecule has 0 unspecified atom stereocenters. The highest BCUT2D eigenvalue weighted by Crippen LogP contribution is 2.37. The van der Waals surface area contributed by atoms with Gasteiger partial charge in [-0.1, -0.05) is 11.3 Å². The first-order valence-corrected chi connectivity index (χ1v) is 7.09. The molecule has 0 radical (unpaired) electrons. The summed E-state index contributed by atoms with van der Waals surface area (Å²) in [6.45, 7) is 8.78. The zero-order valence-electron chi connectivity index (χ0n) is 11.1. The summed E-state index contributed by atoms with van der Waals surface area (Å²) in [5.41, 5.74) is 8.86. The molecule has 5 heteroatoms.